The topological polar surface area (TPSA) is 91.6 Å². The Morgan fingerprint density at radius 3 is 2.38 bits per heavy atom. The molecular formula is C32H45N3O5. The third kappa shape index (κ3) is 7.84. The number of aryl methyl sites for hydroxylation is 1. The summed E-state index contributed by atoms with van der Waals surface area (Å²) >= 11 is 0. The zero-order chi connectivity index (χ0) is 29.2. The van der Waals surface area contributed by atoms with Crippen molar-refractivity contribution in [3.05, 3.63) is 68.9 Å². The van der Waals surface area contributed by atoms with Crippen LogP contribution < -0.4 is 21.3 Å². The van der Waals surface area contributed by atoms with Crippen molar-refractivity contribution in [3.63, 3.8) is 0 Å². The van der Waals surface area contributed by atoms with Crippen LogP contribution in [0.15, 0.2) is 52.1 Å². The Morgan fingerprint density at radius 1 is 1.02 bits per heavy atom. The minimum absolute atomic E-state index is 0.168. The highest BCUT2D eigenvalue weighted by Crippen LogP contribution is 2.26. The first-order valence-corrected chi connectivity index (χ1v) is 14.6. The smallest absolute Gasteiger partial charge is 0.335 e. The number of ether oxygens (including phenoxy) is 2. The summed E-state index contributed by atoms with van der Waals surface area (Å²) in [5.41, 5.74) is 1.17. The molecule has 1 N–H and O–H groups in total. The number of aromatic nitrogens is 2. The second kappa shape index (κ2) is 14.8. The highest BCUT2D eigenvalue weighted by atomic mass is 16.5. The van der Waals surface area contributed by atoms with E-state index in [0.29, 0.717) is 47.8 Å². The Balaban J connectivity index is 1.91. The first-order chi connectivity index (χ1) is 19.2. The summed E-state index contributed by atoms with van der Waals surface area (Å²) < 4.78 is 14.1. The number of esters is 1. The van der Waals surface area contributed by atoms with Gasteiger partial charge in [-0.15, -0.1) is 0 Å². The number of carbonyl (C=O) groups is 1. The number of nitrogens with zero attached hydrogens (tertiary/aromatic N) is 2. The maximum Gasteiger partial charge on any atom is 0.335 e. The van der Waals surface area contributed by atoms with Crippen LogP contribution in [0.3, 0.4) is 0 Å². The molecule has 3 aromatic rings. The molecule has 2 unspecified atom stereocenters. The zero-order valence-electron chi connectivity index (χ0n) is 24.9. The fourth-order valence-electron chi connectivity index (χ4n) is 5.13. The molecule has 0 bridgehead atoms. The van der Waals surface area contributed by atoms with Crippen molar-refractivity contribution >= 4 is 16.9 Å². The fourth-order valence-corrected chi connectivity index (χ4v) is 5.13. The van der Waals surface area contributed by atoms with E-state index in [1.807, 2.05) is 32.9 Å². The average molecular weight is 552 g/mol. The maximum atomic E-state index is 13.5. The number of nitrogens with one attached hydrogen (secondary N) is 1. The highest BCUT2D eigenvalue weighted by Gasteiger charge is 2.25. The Hall–Kier alpha value is -3.39. The van der Waals surface area contributed by atoms with Crippen molar-refractivity contribution in [2.75, 3.05) is 19.7 Å². The monoisotopic (exact) mass is 551 g/mol. The SMILES string of the molecule is CCCC(CC)CC(Cc1ccc(-n2c(=O)c3cc(OCCNCC)ccc3n(C)c2=O)cc1)C(=O)OC(C)C. The first-order valence-electron chi connectivity index (χ1n) is 14.6. The standard InChI is InChI=1S/C32H45N3O5/c1-7-10-23(8-2)19-25(31(37)40-22(4)5)20-24-11-13-26(14-12-24)35-30(36)28-21-27(39-18-17-33-9-3)15-16-29(28)34(6)32(35)38/h11-16,21-23,25,33H,7-10,17-20H2,1-6H3. The molecule has 0 aliphatic carbocycles. The molecule has 0 aliphatic heterocycles. The lowest BCUT2D eigenvalue weighted by Crippen LogP contribution is -2.37. The van der Waals surface area contributed by atoms with E-state index in [9.17, 15) is 14.4 Å². The molecule has 0 aliphatic rings. The average Bonchev–Trinajstić information content (AvgIpc) is 2.94. The molecule has 40 heavy (non-hydrogen) atoms. The van der Waals surface area contributed by atoms with Crippen LogP contribution in [-0.2, 0) is 23.0 Å². The first kappa shape index (κ1) is 31.1. The molecule has 8 nitrogen and oxygen atoms in total. The lowest BCUT2D eigenvalue weighted by molar-refractivity contribution is -0.153. The normalized spacial score (nSPS) is 13.0. The van der Waals surface area contributed by atoms with Crippen molar-refractivity contribution in [1.82, 2.24) is 14.5 Å². The van der Waals surface area contributed by atoms with Gasteiger partial charge in [-0.25, -0.2) is 9.36 Å². The van der Waals surface area contributed by atoms with Gasteiger partial charge in [0.15, 0.2) is 0 Å². The van der Waals surface area contributed by atoms with E-state index >= 15 is 0 Å². The number of fused-ring (bicyclic) bond motifs is 1. The van der Waals surface area contributed by atoms with Gasteiger partial charge in [0, 0.05) is 13.6 Å². The zero-order valence-corrected chi connectivity index (χ0v) is 24.9. The number of rotatable bonds is 15. The van der Waals surface area contributed by atoms with E-state index < -0.39 is 11.2 Å². The summed E-state index contributed by atoms with van der Waals surface area (Å²) in [4.78, 5) is 39.7. The Bertz CT molecular complexity index is 1370. The predicted molar refractivity (Wildman–Crippen MR) is 161 cm³/mol. The van der Waals surface area contributed by atoms with Gasteiger partial charge in [-0.05, 0) is 75.0 Å². The van der Waals surface area contributed by atoms with Gasteiger partial charge < -0.3 is 14.8 Å². The van der Waals surface area contributed by atoms with Gasteiger partial charge in [-0.3, -0.25) is 14.2 Å². The van der Waals surface area contributed by atoms with E-state index in [0.717, 1.165) is 37.8 Å². The molecule has 218 valence electrons. The number of hydrogen-bond acceptors (Lipinski definition) is 6. The van der Waals surface area contributed by atoms with E-state index in [4.69, 9.17) is 9.47 Å². The van der Waals surface area contributed by atoms with Gasteiger partial charge in [0.2, 0.25) is 0 Å². The highest BCUT2D eigenvalue weighted by molar-refractivity contribution is 5.80. The van der Waals surface area contributed by atoms with Gasteiger partial charge in [0.1, 0.15) is 12.4 Å². The summed E-state index contributed by atoms with van der Waals surface area (Å²) in [5.74, 6) is 0.629. The second-order valence-electron chi connectivity index (χ2n) is 10.7. The lowest BCUT2D eigenvalue weighted by atomic mass is 9.86. The molecule has 2 atom stereocenters. The van der Waals surface area contributed by atoms with Gasteiger partial charge >= 0.3 is 11.7 Å². The van der Waals surface area contributed by atoms with E-state index in [-0.39, 0.29) is 18.0 Å². The molecule has 1 heterocycles. The maximum absolute atomic E-state index is 13.5. The fraction of sp³-hybridized carbons (Fsp3) is 0.531. The van der Waals surface area contributed by atoms with Crippen LogP contribution in [0.1, 0.15) is 65.9 Å². The molecule has 0 fully saturated rings. The third-order valence-electron chi connectivity index (χ3n) is 7.29. The minimum atomic E-state index is -0.421. The van der Waals surface area contributed by atoms with Crippen LogP contribution in [0.25, 0.3) is 16.6 Å². The van der Waals surface area contributed by atoms with E-state index in [1.165, 1.54) is 9.13 Å². The summed E-state index contributed by atoms with van der Waals surface area (Å²) in [6.07, 6.45) is 4.34. The van der Waals surface area contributed by atoms with Crippen molar-refractivity contribution in [2.45, 2.75) is 72.8 Å². The second-order valence-corrected chi connectivity index (χ2v) is 10.7. The molecule has 0 radical (unpaired) electrons. The van der Waals surface area contributed by atoms with Gasteiger partial charge in [-0.2, -0.15) is 0 Å². The van der Waals surface area contributed by atoms with Crippen molar-refractivity contribution in [3.8, 4) is 11.4 Å². The molecule has 3 rings (SSSR count). The van der Waals surface area contributed by atoms with E-state index in [2.05, 4.69) is 19.2 Å². The van der Waals surface area contributed by atoms with Gasteiger partial charge in [-0.1, -0.05) is 52.2 Å². The minimum Gasteiger partial charge on any atom is -0.492 e. The number of hydrogen-bond donors (Lipinski definition) is 1. The lowest BCUT2D eigenvalue weighted by Gasteiger charge is -2.23. The molecule has 0 spiro atoms. The molecule has 0 amide bonds. The molecule has 8 heteroatoms. The summed E-state index contributed by atoms with van der Waals surface area (Å²) in [6.45, 7) is 12.1. The number of benzene rings is 2. The third-order valence-corrected chi connectivity index (χ3v) is 7.29. The van der Waals surface area contributed by atoms with Crippen LogP contribution >= 0.6 is 0 Å². The Kier molecular flexibility index (Phi) is 11.6. The van der Waals surface area contributed by atoms with Crippen molar-refractivity contribution in [1.29, 1.82) is 0 Å². The number of likely N-dealkylation sites (N-methyl/N-ethyl adjacent to an activating group) is 1. The molecule has 0 saturated heterocycles. The van der Waals surface area contributed by atoms with Gasteiger partial charge in [0.05, 0.1) is 28.6 Å². The molecular weight excluding hydrogens is 506 g/mol. The van der Waals surface area contributed by atoms with Crippen LogP contribution in [0.4, 0.5) is 0 Å². The molecule has 0 saturated carbocycles. The van der Waals surface area contributed by atoms with E-state index in [1.54, 1.807) is 37.4 Å². The molecule has 2 aromatic carbocycles. The van der Waals surface area contributed by atoms with Crippen molar-refractivity contribution in [2.24, 2.45) is 18.9 Å². The predicted octanol–water partition coefficient (Wildman–Crippen LogP) is 5.00. The Labute approximate surface area is 237 Å². The van der Waals surface area contributed by atoms with Crippen LogP contribution in [-0.4, -0.2) is 40.9 Å². The van der Waals surface area contributed by atoms with Crippen LogP contribution in [0.5, 0.6) is 5.75 Å². The number of carbonyl (C=O) groups excluding carboxylic acids is 1. The summed E-state index contributed by atoms with van der Waals surface area (Å²) in [5, 5.41) is 3.61. The summed E-state index contributed by atoms with van der Waals surface area (Å²) in [7, 11) is 1.66. The van der Waals surface area contributed by atoms with Crippen molar-refractivity contribution < 1.29 is 14.3 Å². The Morgan fingerprint density at radius 2 is 1.75 bits per heavy atom. The van der Waals surface area contributed by atoms with Crippen LogP contribution in [0, 0.1) is 11.8 Å². The quantitative estimate of drug-likeness (QED) is 0.211. The van der Waals surface area contributed by atoms with Crippen LogP contribution in [0.2, 0.25) is 0 Å². The van der Waals surface area contributed by atoms with Gasteiger partial charge in [0.25, 0.3) is 5.56 Å². The largest absolute Gasteiger partial charge is 0.492 e. The molecule has 1 aromatic heterocycles. The summed E-state index contributed by atoms with van der Waals surface area (Å²) in [6, 6.07) is 12.5.